The zero-order valence-electron chi connectivity index (χ0n) is 15.3. The SMILES string of the molecule is Cc1ccc(-c2ccsc2C(=O)Nc2ccc(C(=O)NC3CC3)c(Cl)c2)cc1. The van der Waals surface area contributed by atoms with Crippen molar-refractivity contribution >= 4 is 40.4 Å². The van der Waals surface area contributed by atoms with Crippen LogP contribution in [0.25, 0.3) is 11.1 Å². The molecule has 0 saturated heterocycles. The lowest BCUT2D eigenvalue weighted by atomic mass is 10.0. The predicted molar refractivity (Wildman–Crippen MR) is 114 cm³/mol. The lowest BCUT2D eigenvalue weighted by Crippen LogP contribution is -2.25. The van der Waals surface area contributed by atoms with E-state index in [1.807, 2.05) is 42.6 Å². The molecule has 2 N–H and O–H groups in total. The van der Waals surface area contributed by atoms with Crippen molar-refractivity contribution in [3.8, 4) is 11.1 Å². The summed E-state index contributed by atoms with van der Waals surface area (Å²) < 4.78 is 0. The molecule has 1 aliphatic carbocycles. The van der Waals surface area contributed by atoms with Gasteiger partial charge in [0.2, 0.25) is 0 Å². The maximum atomic E-state index is 12.8. The van der Waals surface area contributed by atoms with Gasteiger partial charge in [-0.05, 0) is 55.0 Å². The number of anilines is 1. The van der Waals surface area contributed by atoms with E-state index in [1.165, 1.54) is 16.9 Å². The second kappa shape index (κ2) is 7.78. The smallest absolute Gasteiger partial charge is 0.266 e. The Labute approximate surface area is 172 Å². The fourth-order valence-electron chi connectivity index (χ4n) is 2.90. The first-order chi connectivity index (χ1) is 13.5. The summed E-state index contributed by atoms with van der Waals surface area (Å²) in [6.07, 6.45) is 2.03. The van der Waals surface area contributed by atoms with E-state index in [2.05, 4.69) is 10.6 Å². The Kier molecular flexibility index (Phi) is 5.20. The molecule has 4 rings (SSSR count). The molecule has 1 aliphatic rings. The van der Waals surface area contributed by atoms with Crippen LogP contribution in [-0.2, 0) is 0 Å². The molecule has 2 amide bonds. The highest BCUT2D eigenvalue weighted by Gasteiger charge is 2.25. The van der Waals surface area contributed by atoms with Gasteiger partial charge in [-0.25, -0.2) is 0 Å². The van der Waals surface area contributed by atoms with Gasteiger partial charge in [-0.3, -0.25) is 9.59 Å². The van der Waals surface area contributed by atoms with E-state index in [4.69, 9.17) is 11.6 Å². The molecular formula is C22H19ClN2O2S. The van der Waals surface area contributed by atoms with Crippen LogP contribution < -0.4 is 10.6 Å². The first kappa shape index (κ1) is 18.7. The molecule has 0 unspecified atom stereocenters. The van der Waals surface area contributed by atoms with Crippen LogP contribution in [0, 0.1) is 6.92 Å². The molecule has 4 nitrogen and oxygen atoms in total. The molecule has 142 valence electrons. The van der Waals surface area contributed by atoms with Crippen molar-refractivity contribution in [3.63, 3.8) is 0 Å². The summed E-state index contributed by atoms with van der Waals surface area (Å²) in [5, 5.41) is 8.02. The number of thiophene rings is 1. The van der Waals surface area contributed by atoms with Crippen molar-refractivity contribution in [2.24, 2.45) is 0 Å². The van der Waals surface area contributed by atoms with E-state index in [0.29, 0.717) is 21.2 Å². The first-order valence-corrected chi connectivity index (χ1v) is 10.3. The summed E-state index contributed by atoms with van der Waals surface area (Å²) in [5.41, 5.74) is 4.05. The van der Waals surface area contributed by atoms with Crippen molar-refractivity contribution < 1.29 is 9.59 Å². The fourth-order valence-corrected chi connectivity index (χ4v) is 3.98. The third-order valence-corrected chi connectivity index (χ3v) is 5.84. The summed E-state index contributed by atoms with van der Waals surface area (Å²) in [6.45, 7) is 2.03. The maximum absolute atomic E-state index is 12.8. The van der Waals surface area contributed by atoms with Gasteiger partial charge in [0, 0.05) is 17.3 Å². The predicted octanol–water partition coefficient (Wildman–Crippen LogP) is 5.52. The standard InChI is InChI=1S/C22H19ClN2O2S/c1-13-2-4-14(5-3-13)17-10-11-28-20(17)22(27)25-16-8-9-18(19(23)12-16)21(26)24-15-6-7-15/h2-5,8-12,15H,6-7H2,1H3,(H,24,26)(H,25,27). The molecule has 28 heavy (non-hydrogen) atoms. The number of hydrogen-bond donors (Lipinski definition) is 2. The first-order valence-electron chi connectivity index (χ1n) is 9.07. The lowest BCUT2D eigenvalue weighted by Gasteiger charge is -2.10. The second-order valence-electron chi connectivity index (χ2n) is 6.93. The number of rotatable bonds is 5. The third kappa shape index (κ3) is 4.11. The van der Waals surface area contributed by atoms with Crippen LogP contribution in [0.1, 0.15) is 38.4 Å². The Morgan fingerprint density at radius 2 is 1.79 bits per heavy atom. The number of halogens is 1. The van der Waals surface area contributed by atoms with Crippen LogP contribution in [-0.4, -0.2) is 17.9 Å². The van der Waals surface area contributed by atoms with Gasteiger partial charge < -0.3 is 10.6 Å². The van der Waals surface area contributed by atoms with E-state index in [1.54, 1.807) is 18.2 Å². The molecule has 0 aliphatic heterocycles. The number of nitrogens with one attached hydrogen (secondary N) is 2. The number of carbonyl (C=O) groups is 2. The highest BCUT2D eigenvalue weighted by atomic mass is 35.5. The van der Waals surface area contributed by atoms with Gasteiger partial charge in [-0.15, -0.1) is 11.3 Å². The van der Waals surface area contributed by atoms with Crippen LogP contribution >= 0.6 is 22.9 Å². The monoisotopic (exact) mass is 410 g/mol. The molecule has 1 saturated carbocycles. The van der Waals surface area contributed by atoms with Crippen LogP contribution in [0.5, 0.6) is 0 Å². The van der Waals surface area contributed by atoms with E-state index in [0.717, 1.165) is 24.0 Å². The number of aryl methyl sites for hydroxylation is 1. The molecule has 0 spiro atoms. The molecule has 0 bridgehead atoms. The highest BCUT2D eigenvalue weighted by Crippen LogP contribution is 2.30. The fraction of sp³-hybridized carbons (Fsp3) is 0.182. The van der Waals surface area contributed by atoms with E-state index in [9.17, 15) is 9.59 Å². The van der Waals surface area contributed by atoms with Gasteiger partial charge in [-0.2, -0.15) is 0 Å². The normalized spacial score (nSPS) is 13.2. The minimum absolute atomic E-state index is 0.176. The number of amides is 2. The van der Waals surface area contributed by atoms with Gasteiger partial charge in [0.25, 0.3) is 11.8 Å². The zero-order valence-corrected chi connectivity index (χ0v) is 16.9. The molecule has 0 radical (unpaired) electrons. The molecule has 1 heterocycles. The summed E-state index contributed by atoms with van der Waals surface area (Å²) >= 11 is 7.66. The lowest BCUT2D eigenvalue weighted by molar-refractivity contribution is 0.0950. The van der Waals surface area contributed by atoms with Gasteiger partial charge in [-0.1, -0.05) is 41.4 Å². The van der Waals surface area contributed by atoms with Crippen molar-refractivity contribution in [2.45, 2.75) is 25.8 Å². The Balaban J connectivity index is 1.51. The Morgan fingerprint density at radius 1 is 1.04 bits per heavy atom. The Bertz CT molecular complexity index is 1040. The summed E-state index contributed by atoms with van der Waals surface area (Å²) in [7, 11) is 0. The molecule has 0 atom stereocenters. The van der Waals surface area contributed by atoms with E-state index >= 15 is 0 Å². The van der Waals surface area contributed by atoms with Crippen LogP contribution in [0.4, 0.5) is 5.69 Å². The second-order valence-corrected chi connectivity index (χ2v) is 8.25. The molecule has 1 aromatic heterocycles. The molecule has 1 fully saturated rings. The molecule has 2 aromatic carbocycles. The Hall–Kier alpha value is -2.63. The number of carbonyl (C=O) groups excluding carboxylic acids is 2. The van der Waals surface area contributed by atoms with E-state index < -0.39 is 0 Å². The number of hydrogen-bond acceptors (Lipinski definition) is 3. The van der Waals surface area contributed by atoms with Crippen molar-refractivity contribution in [3.05, 3.63) is 74.9 Å². The summed E-state index contributed by atoms with van der Waals surface area (Å²) in [6, 6.07) is 15.2. The quantitative estimate of drug-likeness (QED) is 0.581. The minimum Gasteiger partial charge on any atom is -0.349 e. The minimum atomic E-state index is -0.197. The van der Waals surface area contributed by atoms with Gasteiger partial charge in [0.1, 0.15) is 0 Å². The van der Waals surface area contributed by atoms with Crippen LogP contribution in [0.15, 0.2) is 53.9 Å². The van der Waals surface area contributed by atoms with Gasteiger partial charge in [0.05, 0.1) is 15.5 Å². The summed E-state index contributed by atoms with van der Waals surface area (Å²) in [4.78, 5) is 25.6. The molecular weight excluding hydrogens is 392 g/mol. The topological polar surface area (TPSA) is 58.2 Å². The molecule has 6 heteroatoms. The number of benzene rings is 2. The Morgan fingerprint density at radius 3 is 2.46 bits per heavy atom. The largest absolute Gasteiger partial charge is 0.349 e. The van der Waals surface area contributed by atoms with Gasteiger partial charge >= 0.3 is 0 Å². The highest BCUT2D eigenvalue weighted by molar-refractivity contribution is 7.12. The van der Waals surface area contributed by atoms with Crippen molar-refractivity contribution in [1.82, 2.24) is 5.32 Å². The molecule has 3 aromatic rings. The van der Waals surface area contributed by atoms with Gasteiger partial charge in [0.15, 0.2) is 0 Å². The average molecular weight is 411 g/mol. The van der Waals surface area contributed by atoms with Crippen LogP contribution in [0.3, 0.4) is 0 Å². The zero-order chi connectivity index (χ0) is 19.7. The van der Waals surface area contributed by atoms with Crippen molar-refractivity contribution in [2.75, 3.05) is 5.32 Å². The van der Waals surface area contributed by atoms with Crippen molar-refractivity contribution in [1.29, 1.82) is 0 Å². The maximum Gasteiger partial charge on any atom is 0.266 e. The third-order valence-electron chi connectivity index (χ3n) is 4.62. The summed E-state index contributed by atoms with van der Waals surface area (Å²) in [5.74, 6) is -0.373. The van der Waals surface area contributed by atoms with E-state index in [-0.39, 0.29) is 17.9 Å². The van der Waals surface area contributed by atoms with Crippen LogP contribution in [0.2, 0.25) is 5.02 Å². The average Bonchev–Trinajstić information content (AvgIpc) is 3.34.